The van der Waals surface area contributed by atoms with Crippen molar-refractivity contribution in [3.8, 4) is 0 Å². The Kier molecular flexibility index (Phi) is 13.5. The molecule has 5 heterocycles. The Balaban J connectivity index is 0.731. The quantitative estimate of drug-likeness (QED) is 0.129. The summed E-state index contributed by atoms with van der Waals surface area (Å²) in [5, 5.41) is 67.1. The van der Waals surface area contributed by atoms with Gasteiger partial charge in [0, 0.05) is 30.8 Å². The molecule has 364 valence electrons. The van der Waals surface area contributed by atoms with Gasteiger partial charge >= 0.3 is 5.97 Å². The van der Waals surface area contributed by atoms with Gasteiger partial charge in [-0.2, -0.15) is 0 Å². The fraction of sp³-hybridized carbons (Fsp3) is 0.936. The summed E-state index contributed by atoms with van der Waals surface area (Å²) in [4.78, 5) is 12.0. The SMILES string of the molecule is CC1O[C@@H](OC2C(C)O[C@@H](O[C@H]3CCC4(C)C5CCC6(C)[C@@H](C7=CC(=O)OC7)CC[C@]6(O)[C@@H]5CC[C@@H]4C3)C[C@H]2O)C[C@@H](O)C1O[C@H]1C[C@@H](O)C(O[C@H]2OC(C)[C@@H](N)C(O)C2O)C(C)O1. The first-order chi connectivity index (χ1) is 30.3. The number of hydrogen-bond donors (Lipinski definition) is 7. The second-order valence-electron chi connectivity index (χ2n) is 21.6. The molecule has 0 aromatic carbocycles. The highest BCUT2D eigenvalue weighted by Gasteiger charge is 2.68. The zero-order valence-electron chi connectivity index (χ0n) is 38.3. The van der Waals surface area contributed by atoms with Crippen LogP contribution in [0, 0.1) is 34.5 Å². The zero-order valence-corrected chi connectivity index (χ0v) is 38.3. The van der Waals surface area contributed by atoms with Gasteiger partial charge in [0.1, 0.15) is 37.1 Å². The van der Waals surface area contributed by atoms with Crippen LogP contribution in [0.15, 0.2) is 11.6 Å². The van der Waals surface area contributed by atoms with E-state index in [0.29, 0.717) is 18.4 Å². The van der Waals surface area contributed by atoms with Crippen molar-refractivity contribution in [1.29, 1.82) is 0 Å². The van der Waals surface area contributed by atoms with Crippen LogP contribution in [-0.2, 0) is 47.4 Å². The van der Waals surface area contributed by atoms with E-state index in [2.05, 4.69) is 13.8 Å². The maximum Gasteiger partial charge on any atom is 0.331 e. The monoisotopic (exact) mass is 910 g/mol. The molecule has 5 aliphatic heterocycles. The van der Waals surface area contributed by atoms with Gasteiger partial charge in [-0.3, -0.25) is 0 Å². The smallest absolute Gasteiger partial charge is 0.331 e. The number of aliphatic hydroxyl groups is 6. The van der Waals surface area contributed by atoms with Crippen molar-refractivity contribution in [2.45, 2.75) is 235 Å². The standard InChI is InChI=1S/C47H75NO16/c1-21-38(48)39(53)40(54)44(60-21)64-43-24(4)59-37(19-33(43)51)63-42-23(3)58-36(18-32(42)50)62-41-22(2)57-35(17-31(41)49)61-27-9-12-45(5)26(16-27)7-8-30-29(45)10-13-46(6)28(11-14-47(30,46)55)25-15-34(52)56-20-25/h15,21-24,26-33,35-44,49-51,53-55H,7-14,16-20,48H2,1-6H3/t21?,22?,23?,24?,26-,27+,28-,29?,30-,31-,32-,33-,35+,36+,37+,38-,39?,40?,41?,42?,43?,44-,45?,46?,47+/m1/s1. The minimum Gasteiger partial charge on any atom is -0.458 e. The average Bonchev–Trinajstić information content (AvgIpc) is 3.79. The van der Waals surface area contributed by atoms with Crippen molar-refractivity contribution in [1.82, 2.24) is 0 Å². The van der Waals surface area contributed by atoms with Crippen molar-refractivity contribution >= 4 is 5.97 Å². The normalized spacial score (nSPS) is 55.5. The van der Waals surface area contributed by atoms with Crippen LogP contribution in [0.3, 0.4) is 0 Å². The van der Waals surface area contributed by atoms with Gasteiger partial charge in [0.05, 0.1) is 60.5 Å². The number of rotatable bonds is 9. The van der Waals surface area contributed by atoms with E-state index in [4.69, 9.17) is 48.4 Å². The highest BCUT2D eigenvalue weighted by molar-refractivity contribution is 5.85. The maximum atomic E-state index is 12.6. The summed E-state index contributed by atoms with van der Waals surface area (Å²) in [7, 11) is 0. The van der Waals surface area contributed by atoms with E-state index in [9.17, 15) is 35.4 Å². The molecule has 8 N–H and O–H groups in total. The number of cyclic esters (lactones) is 1. The Morgan fingerprint density at radius 2 is 1.22 bits per heavy atom. The Morgan fingerprint density at radius 1 is 0.641 bits per heavy atom. The second-order valence-corrected chi connectivity index (χ2v) is 21.6. The molecule has 4 saturated carbocycles. The van der Waals surface area contributed by atoms with Crippen LogP contribution < -0.4 is 5.73 Å². The Labute approximate surface area is 376 Å². The molecular formula is C47H75NO16. The van der Waals surface area contributed by atoms with Crippen molar-refractivity contribution in [2.24, 2.45) is 40.2 Å². The van der Waals surface area contributed by atoms with E-state index in [1.807, 2.05) is 6.92 Å². The molecule has 12 unspecified atom stereocenters. The molecule has 8 fully saturated rings. The van der Waals surface area contributed by atoms with E-state index in [1.165, 1.54) is 0 Å². The Hall–Kier alpha value is -1.39. The lowest BCUT2D eigenvalue weighted by atomic mass is 9.43. The molecular weight excluding hydrogens is 835 g/mol. The molecule has 0 aromatic heterocycles. The third-order valence-corrected chi connectivity index (χ3v) is 18.0. The number of hydrogen-bond acceptors (Lipinski definition) is 17. The van der Waals surface area contributed by atoms with Gasteiger partial charge < -0.3 is 79.0 Å². The van der Waals surface area contributed by atoms with E-state index in [0.717, 1.165) is 63.4 Å². The summed E-state index contributed by atoms with van der Waals surface area (Å²) in [6, 6.07) is -0.789. The topological polar surface area (TPSA) is 248 Å². The van der Waals surface area contributed by atoms with E-state index in [1.54, 1.807) is 26.8 Å². The first-order valence-corrected chi connectivity index (χ1v) is 24.3. The third kappa shape index (κ3) is 8.45. The molecule has 0 amide bonds. The van der Waals surface area contributed by atoms with Gasteiger partial charge in [-0.15, -0.1) is 0 Å². The van der Waals surface area contributed by atoms with Crippen LogP contribution in [0.5, 0.6) is 0 Å². The number of nitrogens with two attached hydrogens (primary N) is 1. The minimum absolute atomic E-state index is 0.00231. The number of aliphatic hydroxyl groups excluding tert-OH is 5. The van der Waals surface area contributed by atoms with Gasteiger partial charge in [-0.1, -0.05) is 13.8 Å². The van der Waals surface area contributed by atoms with Crippen molar-refractivity contribution in [3.05, 3.63) is 11.6 Å². The first kappa shape index (κ1) is 47.7. The van der Waals surface area contributed by atoms with Gasteiger partial charge in [-0.05, 0) is 120 Å². The van der Waals surface area contributed by atoms with E-state index < -0.39 is 110 Å². The zero-order chi connectivity index (χ0) is 45.6. The summed E-state index contributed by atoms with van der Waals surface area (Å²) >= 11 is 0. The summed E-state index contributed by atoms with van der Waals surface area (Å²) in [5.74, 6) is 1.05. The highest BCUT2D eigenvalue weighted by atomic mass is 16.8. The molecule has 9 aliphatic rings. The average molecular weight is 910 g/mol. The first-order valence-electron chi connectivity index (χ1n) is 24.3. The molecule has 4 aliphatic carbocycles. The fourth-order valence-electron chi connectivity index (χ4n) is 14.3. The molecule has 0 radical (unpaired) electrons. The predicted molar refractivity (Wildman–Crippen MR) is 224 cm³/mol. The predicted octanol–water partition coefficient (Wildman–Crippen LogP) is 2.07. The minimum atomic E-state index is -1.41. The summed E-state index contributed by atoms with van der Waals surface area (Å²) in [6.07, 6.45) is -3.54. The number of fused-ring (bicyclic) bond motifs is 5. The molecule has 0 aromatic rings. The highest BCUT2D eigenvalue weighted by Crippen LogP contribution is 2.70. The molecule has 25 atom stereocenters. The second kappa shape index (κ2) is 18.2. The summed E-state index contributed by atoms with van der Waals surface area (Å²) < 4.78 is 54.5. The van der Waals surface area contributed by atoms with Gasteiger partial charge in [0.25, 0.3) is 0 Å². The molecule has 0 spiro atoms. The van der Waals surface area contributed by atoms with Gasteiger partial charge in [0.2, 0.25) is 0 Å². The van der Waals surface area contributed by atoms with Crippen LogP contribution in [0.25, 0.3) is 0 Å². The number of carbonyl (C=O) groups is 1. The van der Waals surface area contributed by atoms with Crippen LogP contribution >= 0.6 is 0 Å². The van der Waals surface area contributed by atoms with Crippen molar-refractivity contribution in [3.63, 3.8) is 0 Å². The number of esters is 1. The lowest BCUT2D eigenvalue weighted by Gasteiger charge is -2.64. The molecule has 64 heavy (non-hydrogen) atoms. The molecule has 9 rings (SSSR count). The molecule has 4 saturated heterocycles. The van der Waals surface area contributed by atoms with Crippen LogP contribution in [0.1, 0.15) is 119 Å². The fourth-order valence-corrected chi connectivity index (χ4v) is 14.3. The largest absolute Gasteiger partial charge is 0.458 e. The van der Waals surface area contributed by atoms with Crippen LogP contribution in [-0.4, -0.2) is 159 Å². The van der Waals surface area contributed by atoms with E-state index >= 15 is 0 Å². The van der Waals surface area contributed by atoms with E-state index in [-0.39, 0.29) is 54.0 Å². The van der Waals surface area contributed by atoms with Gasteiger partial charge in [-0.25, -0.2) is 4.79 Å². The number of ether oxygens (including phenoxy) is 9. The molecule has 17 heteroatoms. The summed E-state index contributed by atoms with van der Waals surface area (Å²) in [5.41, 5.74) is 6.05. The third-order valence-electron chi connectivity index (χ3n) is 18.0. The van der Waals surface area contributed by atoms with Crippen molar-refractivity contribution < 1.29 is 78.1 Å². The summed E-state index contributed by atoms with van der Waals surface area (Å²) in [6.45, 7) is 12.0. The van der Waals surface area contributed by atoms with Gasteiger partial charge in [0.15, 0.2) is 25.2 Å². The lowest BCUT2D eigenvalue weighted by Crippen LogP contribution is -2.63. The number of carbonyl (C=O) groups excluding carboxylic acids is 1. The molecule has 17 nitrogen and oxygen atoms in total. The Bertz CT molecular complexity index is 1670. The van der Waals surface area contributed by atoms with Crippen LogP contribution in [0.4, 0.5) is 0 Å². The van der Waals surface area contributed by atoms with Crippen molar-refractivity contribution in [2.75, 3.05) is 6.61 Å². The Morgan fingerprint density at radius 3 is 1.78 bits per heavy atom. The lowest BCUT2D eigenvalue weighted by molar-refractivity contribution is -0.348. The maximum absolute atomic E-state index is 12.6. The molecule has 0 bridgehead atoms. The van der Waals surface area contributed by atoms with Crippen LogP contribution in [0.2, 0.25) is 0 Å².